The molecule has 0 unspecified atom stereocenters. The highest BCUT2D eigenvalue weighted by atomic mass is 19.4. The molecule has 0 spiro atoms. The van der Waals surface area contributed by atoms with E-state index in [0.29, 0.717) is 0 Å². The highest BCUT2D eigenvalue weighted by Gasteiger charge is 2.33. The number of ether oxygens (including phenoxy) is 1. The molecule has 0 aromatic heterocycles. The molecule has 2 N–H and O–H groups in total. The van der Waals surface area contributed by atoms with Crippen molar-refractivity contribution in [2.75, 3.05) is 0 Å². The molecule has 1 rings (SSSR count). The average Bonchev–Trinajstić information content (AvgIpc) is 2.16. The van der Waals surface area contributed by atoms with Gasteiger partial charge in [-0.1, -0.05) is 12.1 Å². The van der Waals surface area contributed by atoms with Gasteiger partial charge in [0.05, 0.1) is 5.56 Å². The van der Waals surface area contributed by atoms with Gasteiger partial charge >= 0.3 is 6.36 Å². The highest BCUT2D eigenvalue weighted by molar-refractivity contribution is 5.48. The van der Waals surface area contributed by atoms with Crippen molar-refractivity contribution in [3.63, 3.8) is 0 Å². The summed E-state index contributed by atoms with van der Waals surface area (Å²) in [6, 6.07) is 5.67. The molecule has 0 aliphatic heterocycles. The van der Waals surface area contributed by atoms with Crippen molar-refractivity contribution in [3.05, 3.63) is 29.3 Å². The van der Waals surface area contributed by atoms with Gasteiger partial charge in [0, 0.05) is 12.1 Å². The molecule has 0 heterocycles. The normalized spacial score (nSPS) is 10.9. The molecule has 0 amide bonds. The number of benzene rings is 1. The number of nitrogens with two attached hydrogens (primary N) is 1. The Morgan fingerprint density at radius 1 is 1.40 bits per heavy atom. The minimum Gasteiger partial charge on any atom is -0.404 e. The first-order chi connectivity index (χ1) is 6.98. The minimum absolute atomic E-state index is 0.124. The summed E-state index contributed by atoms with van der Waals surface area (Å²) < 4.78 is 39.7. The van der Waals surface area contributed by atoms with E-state index in [1.807, 2.05) is 0 Å². The van der Waals surface area contributed by atoms with Crippen LogP contribution in [0, 0.1) is 11.3 Å². The smallest absolute Gasteiger partial charge is 0.404 e. The zero-order valence-corrected chi connectivity index (χ0v) is 7.51. The summed E-state index contributed by atoms with van der Waals surface area (Å²) in [5.41, 5.74) is 5.20. The molecule has 6 heteroatoms. The van der Waals surface area contributed by atoms with E-state index >= 15 is 0 Å². The third-order valence-corrected chi connectivity index (χ3v) is 1.65. The zero-order valence-electron chi connectivity index (χ0n) is 7.51. The van der Waals surface area contributed by atoms with Crippen LogP contribution in [0.5, 0.6) is 5.75 Å². The predicted molar refractivity (Wildman–Crippen MR) is 45.7 cm³/mol. The third kappa shape index (κ3) is 2.86. The van der Waals surface area contributed by atoms with Crippen molar-refractivity contribution < 1.29 is 17.9 Å². The molecule has 0 aliphatic carbocycles. The first kappa shape index (κ1) is 11.3. The molecule has 0 aliphatic rings. The van der Waals surface area contributed by atoms with E-state index in [1.54, 1.807) is 6.07 Å². The maximum Gasteiger partial charge on any atom is 0.573 e. The first-order valence-corrected chi connectivity index (χ1v) is 3.95. The fourth-order valence-corrected chi connectivity index (χ4v) is 1.07. The van der Waals surface area contributed by atoms with Crippen molar-refractivity contribution in [1.29, 1.82) is 5.26 Å². The number of hydrogen-bond donors (Lipinski definition) is 1. The van der Waals surface area contributed by atoms with Crippen molar-refractivity contribution in [1.82, 2.24) is 0 Å². The molecular weight excluding hydrogens is 209 g/mol. The van der Waals surface area contributed by atoms with Gasteiger partial charge in [-0.3, -0.25) is 0 Å². The van der Waals surface area contributed by atoms with Crippen LogP contribution in [-0.2, 0) is 6.54 Å². The Kier molecular flexibility index (Phi) is 3.17. The topological polar surface area (TPSA) is 59.0 Å². The quantitative estimate of drug-likeness (QED) is 0.821. The number of para-hydroxylation sites is 1. The van der Waals surface area contributed by atoms with Crippen LogP contribution in [0.25, 0.3) is 0 Å². The van der Waals surface area contributed by atoms with Gasteiger partial charge in [0.1, 0.15) is 6.07 Å². The van der Waals surface area contributed by atoms with E-state index in [9.17, 15) is 13.2 Å². The summed E-state index contributed by atoms with van der Waals surface area (Å²) in [7, 11) is 0. The summed E-state index contributed by atoms with van der Waals surface area (Å²) in [6.45, 7) is -0.124. The van der Waals surface area contributed by atoms with Crippen LogP contribution in [-0.4, -0.2) is 6.36 Å². The second-order valence-electron chi connectivity index (χ2n) is 2.66. The Bertz CT molecular complexity index is 395. The fraction of sp³-hybridized carbons (Fsp3) is 0.222. The van der Waals surface area contributed by atoms with Gasteiger partial charge in [-0.15, -0.1) is 13.2 Å². The van der Waals surface area contributed by atoms with Gasteiger partial charge in [0.25, 0.3) is 0 Å². The Morgan fingerprint density at radius 3 is 2.53 bits per heavy atom. The molecule has 0 atom stereocenters. The second-order valence-corrected chi connectivity index (χ2v) is 2.66. The van der Waals surface area contributed by atoms with Crippen LogP contribution in [0.3, 0.4) is 0 Å². The van der Waals surface area contributed by atoms with E-state index < -0.39 is 12.1 Å². The molecule has 0 saturated carbocycles. The monoisotopic (exact) mass is 216 g/mol. The summed E-state index contributed by atoms with van der Waals surface area (Å²) in [5, 5.41) is 8.60. The minimum atomic E-state index is -4.82. The van der Waals surface area contributed by atoms with Crippen LogP contribution in [0.1, 0.15) is 11.1 Å². The van der Waals surface area contributed by atoms with E-state index in [1.165, 1.54) is 18.2 Å². The molecule has 0 saturated heterocycles. The number of alkyl halides is 3. The number of halogens is 3. The Labute approximate surface area is 83.9 Å². The van der Waals surface area contributed by atoms with Gasteiger partial charge in [0.2, 0.25) is 0 Å². The summed E-state index contributed by atoms with van der Waals surface area (Å²) in [6.07, 6.45) is -4.82. The van der Waals surface area contributed by atoms with Crippen molar-refractivity contribution in [3.8, 4) is 11.8 Å². The molecule has 0 radical (unpaired) electrons. The van der Waals surface area contributed by atoms with Gasteiger partial charge in [-0.05, 0) is 6.07 Å². The van der Waals surface area contributed by atoms with Gasteiger partial charge in [-0.2, -0.15) is 5.26 Å². The van der Waals surface area contributed by atoms with Crippen LogP contribution < -0.4 is 10.5 Å². The molecule has 15 heavy (non-hydrogen) atoms. The maximum atomic E-state index is 12.0. The van der Waals surface area contributed by atoms with Crippen LogP contribution in [0.4, 0.5) is 13.2 Å². The van der Waals surface area contributed by atoms with Crippen molar-refractivity contribution in [2.24, 2.45) is 5.73 Å². The van der Waals surface area contributed by atoms with Gasteiger partial charge < -0.3 is 10.5 Å². The number of nitrogens with zero attached hydrogens (tertiary/aromatic N) is 1. The van der Waals surface area contributed by atoms with Crippen molar-refractivity contribution >= 4 is 0 Å². The Morgan fingerprint density at radius 2 is 2.07 bits per heavy atom. The Hall–Kier alpha value is -1.74. The largest absolute Gasteiger partial charge is 0.573 e. The molecule has 80 valence electrons. The number of nitriles is 1. The molecule has 0 fully saturated rings. The first-order valence-electron chi connectivity index (χ1n) is 3.95. The van der Waals surface area contributed by atoms with Gasteiger partial charge in [-0.25, -0.2) is 0 Å². The summed E-state index contributed by atoms with van der Waals surface area (Å²) in [4.78, 5) is 0. The second kappa shape index (κ2) is 4.19. The number of rotatable bonds is 2. The average molecular weight is 216 g/mol. The third-order valence-electron chi connectivity index (χ3n) is 1.65. The molecule has 0 bridgehead atoms. The van der Waals surface area contributed by atoms with Crippen LogP contribution in [0.15, 0.2) is 18.2 Å². The molecular formula is C9H7F3N2O. The predicted octanol–water partition coefficient (Wildman–Crippen LogP) is 1.92. The van der Waals surface area contributed by atoms with Crippen LogP contribution >= 0.6 is 0 Å². The lowest BCUT2D eigenvalue weighted by molar-refractivity contribution is -0.275. The van der Waals surface area contributed by atoms with E-state index in [0.717, 1.165) is 0 Å². The van der Waals surface area contributed by atoms with Crippen LogP contribution in [0.2, 0.25) is 0 Å². The van der Waals surface area contributed by atoms with Gasteiger partial charge in [0.15, 0.2) is 5.75 Å². The molecule has 3 nitrogen and oxygen atoms in total. The lowest BCUT2D eigenvalue weighted by Gasteiger charge is -2.13. The fourth-order valence-electron chi connectivity index (χ4n) is 1.07. The SMILES string of the molecule is N#Cc1cccc(CN)c1OC(F)(F)F. The zero-order chi connectivity index (χ0) is 11.5. The maximum absolute atomic E-state index is 12.0. The lowest BCUT2D eigenvalue weighted by atomic mass is 10.1. The standard InChI is InChI=1S/C9H7F3N2O/c10-9(11,12)15-8-6(4-13)2-1-3-7(8)5-14/h1-3H,4,13H2. The Balaban J connectivity index is 3.18. The molecule has 1 aromatic carbocycles. The lowest BCUT2D eigenvalue weighted by Crippen LogP contribution is -2.19. The number of hydrogen-bond acceptors (Lipinski definition) is 3. The summed E-state index contributed by atoms with van der Waals surface area (Å²) >= 11 is 0. The van der Waals surface area contributed by atoms with E-state index in [-0.39, 0.29) is 17.7 Å². The van der Waals surface area contributed by atoms with Crippen molar-refractivity contribution in [2.45, 2.75) is 12.9 Å². The summed E-state index contributed by atoms with van der Waals surface area (Å²) in [5.74, 6) is -0.519. The van der Waals surface area contributed by atoms with E-state index in [2.05, 4.69) is 4.74 Å². The molecule has 1 aromatic rings. The van der Waals surface area contributed by atoms with E-state index in [4.69, 9.17) is 11.0 Å². The highest BCUT2D eigenvalue weighted by Crippen LogP contribution is 2.29.